The quantitative estimate of drug-likeness (QED) is 0.461. The molecule has 3 rings (SSSR count). The molecule has 5 nitrogen and oxygen atoms in total. The summed E-state index contributed by atoms with van der Waals surface area (Å²) in [6, 6.07) is 15.6. The molecule has 0 spiro atoms. The molecule has 0 aliphatic heterocycles. The van der Waals surface area contributed by atoms with Gasteiger partial charge in [0.25, 0.3) is 5.56 Å². The van der Waals surface area contributed by atoms with Gasteiger partial charge in [0, 0.05) is 11.3 Å². The fourth-order valence-corrected chi connectivity index (χ4v) is 3.82. The Balaban J connectivity index is 1.93. The Morgan fingerprint density at radius 2 is 2.03 bits per heavy atom. The van der Waals surface area contributed by atoms with E-state index >= 15 is 0 Å². The van der Waals surface area contributed by atoms with Gasteiger partial charge in [0.05, 0.1) is 18.9 Å². The highest BCUT2D eigenvalue weighted by Crippen LogP contribution is 2.27. The summed E-state index contributed by atoms with van der Waals surface area (Å²) in [6.07, 6.45) is 0.425. The molecule has 0 saturated heterocycles. The van der Waals surface area contributed by atoms with E-state index in [1.165, 1.54) is 23.9 Å². The number of hydrogen-bond donors (Lipinski definition) is 1. The topological polar surface area (TPSA) is 78.8 Å². The van der Waals surface area contributed by atoms with Crippen LogP contribution in [-0.4, -0.2) is 17.1 Å². The van der Waals surface area contributed by atoms with Crippen molar-refractivity contribution in [3.8, 4) is 11.8 Å². The molecular weight excluding hydrogens is 389 g/mol. The van der Waals surface area contributed by atoms with Crippen LogP contribution in [0.2, 0.25) is 0 Å². The number of aromatic nitrogens is 2. The minimum absolute atomic E-state index is 0.272. The van der Waals surface area contributed by atoms with E-state index < -0.39 is 11.7 Å². The van der Waals surface area contributed by atoms with Gasteiger partial charge in [0.15, 0.2) is 5.16 Å². The Kier molecular flexibility index (Phi) is 6.68. The van der Waals surface area contributed by atoms with Crippen LogP contribution in [-0.2, 0) is 12.2 Å². The second-order valence-corrected chi connectivity index (χ2v) is 7.31. The summed E-state index contributed by atoms with van der Waals surface area (Å²) in [6.45, 7) is 1.83. The number of methoxy groups -OCH3 is 1. The number of hydrogen-bond acceptors (Lipinski definition) is 5. The molecule has 1 atom stereocenters. The molecule has 148 valence electrons. The molecule has 1 unspecified atom stereocenters. The average Bonchev–Trinajstić information content (AvgIpc) is 2.73. The Morgan fingerprint density at radius 1 is 1.28 bits per heavy atom. The molecule has 0 radical (unpaired) electrons. The molecule has 0 bridgehead atoms. The van der Waals surface area contributed by atoms with Crippen LogP contribution in [0, 0.1) is 17.1 Å². The Bertz CT molecular complexity index is 1090. The van der Waals surface area contributed by atoms with Crippen molar-refractivity contribution in [1.82, 2.24) is 9.97 Å². The van der Waals surface area contributed by atoms with Crippen LogP contribution in [0.3, 0.4) is 0 Å². The average molecular weight is 409 g/mol. The molecule has 0 saturated carbocycles. The van der Waals surface area contributed by atoms with Gasteiger partial charge in [-0.3, -0.25) is 4.79 Å². The van der Waals surface area contributed by atoms with Gasteiger partial charge in [-0.25, -0.2) is 9.37 Å². The molecule has 29 heavy (non-hydrogen) atoms. The highest BCUT2D eigenvalue weighted by atomic mass is 32.2. The van der Waals surface area contributed by atoms with Crippen LogP contribution in [0.15, 0.2) is 58.5 Å². The molecule has 0 aliphatic rings. The third-order valence-corrected chi connectivity index (χ3v) is 5.44. The van der Waals surface area contributed by atoms with Gasteiger partial charge in [-0.15, -0.1) is 0 Å². The van der Waals surface area contributed by atoms with E-state index in [1.54, 1.807) is 19.2 Å². The van der Waals surface area contributed by atoms with Gasteiger partial charge in [-0.2, -0.15) is 5.26 Å². The van der Waals surface area contributed by atoms with E-state index in [2.05, 4.69) is 16.0 Å². The molecule has 2 aromatic carbocycles. The van der Waals surface area contributed by atoms with Crippen LogP contribution in [0.5, 0.6) is 5.75 Å². The summed E-state index contributed by atoms with van der Waals surface area (Å²) in [5, 5.41) is 10.2. The number of benzene rings is 2. The number of nitrogens with zero attached hydrogens (tertiary/aromatic N) is 2. The SMILES string of the molecule is CCc1c(C(C#N)c2cccc(F)c2)nc(SCc2ccc(OC)cc2)[nH]c1=O. The van der Waals surface area contributed by atoms with Crippen LogP contribution in [0.25, 0.3) is 0 Å². The zero-order chi connectivity index (χ0) is 20.8. The number of nitriles is 1. The van der Waals surface area contributed by atoms with E-state index in [0.29, 0.717) is 34.2 Å². The largest absolute Gasteiger partial charge is 0.497 e. The van der Waals surface area contributed by atoms with E-state index in [1.807, 2.05) is 31.2 Å². The van der Waals surface area contributed by atoms with Gasteiger partial charge < -0.3 is 9.72 Å². The van der Waals surface area contributed by atoms with Crippen LogP contribution in [0.4, 0.5) is 4.39 Å². The summed E-state index contributed by atoms with van der Waals surface area (Å²) in [5.41, 5.74) is 2.07. The fourth-order valence-electron chi connectivity index (χ4n) is 3.00. The van der Waals surface area contributed by atoms with E-state index in [4.69, 9.17) is 4.74 Å². The number of ether oxygens (including phenoxy) is 1. The predicted molar refractivity (Wildman–Crippen MR) is 111 cm³/mol. The highest BCUT2D eigenvalue weighted by Gasteiger charge is 2.22. The standard InChI is InChI=1S/C22H20FN3O2S/c1-3-18-20(19(12-24)15-5-4-6-16(23)11-15)25-22(26-21(18)27)29-13-14-7-9-17(28-2)10-8-14/h4-11,19H,3,13H2,1-2H3,(H,25,26,27). The minimum Gasteiger partial charge on any atom is -0.497 e. The van der Waals surface area contributed by atoms with Crippen LogP contribution < -0.4 is 10.3 Å². The lowest BCUT2D eigenvalue weighted by atomic mass is 9.93. The molecule has 1 heterocycles. The third-order valence-electron chi connectivity index (χ3n) is 4.50. The van der Waals surface area contributed by atoms with Crippen molar-refractivity contribution < 1.29 is 9.13 Å². The van der Waals surface area contributed by atoms with Gasteiger partial charge in [0.2, 0.25) is 0 Å². The number of aromatic amines is 1. The number of H-pyrrole nitrogens is 1. The van der Waals surface area contributed by atoms with Crippen molar-refractivity contribution in [2.75, 3.05) is 7.11 Å². The predicted octanol–water partition coefficient (Wildman–Crippen LogP) is 4.43. The van der Waals surface area contributed by atoms with Crippen molar-refractivity contribution in [3.05, 3.63) is 87.1 Å². The van der Waals surface area contributed by atoms with Crippen molar-refractivity contribution in [1.29, 1.82) is 5.26 Å². The zero-order valence-electron chi connectivity index (χ0n) is 16.1. The molecule has 0 fully saturated rings. The lowest BCUT2D eigenvalue weighted by Gasteiger charge is -2.14. The summed E-state index contributed by atoms with van der Waals surface area (Å²) >= 11 is 1.37. The molecule has 1 N–H and O–H groups in total. The molecule has 0 amide bonds. The Labute approximate surface area is 172 Å². The first-order valence-electron chi connectivity index (χ1n) is 9.09. The monoisotopic (exact) mass is 409 g/mol. The Hall–Kier alpha value is -3.11. The zero-order valence-corrected chi connectivity index (χ0v) is 16.9. The van der Waals surface area contributed by atoms with Gasteiger partial charge in [-0.05, 0) is 41.8 Å². The molecular formula is C22H20FN3O2S. The number of rotatable bonds is 7. The lowest BCUT2D eigenvalue weighted by Crippen LogP contribution is -2.20. The van der Waals surface area contributed by atoms with Gasteiger partial charge in [0.1, 0.15) is 17.5 Å². The first-order valence-corrected chi connectivity index (χ1v) is 10.1. The second-order valence-electron chi connectivity index (χ2n) is 6.34. The minimum atomic E-state index is -0.816. The van der Waals surface area contributed by atoms with Gasteiger partial charge >= 0.3 is 0 Å². The smallest absolute Gasteiger partial charge is 0.255 e. The van der Waals surface area contributed by atoms with Crippen LogP contribution >= 0.6 is 11.8 Å². The maximum atomic E-state index is 13.7. The number of thioether (sulfide) groups is 1. The van der Waals surface area contributed by atoms with Gasteiger partial charge in [-0.1, -0.05) is 43.0 Å². The normalized spacial score (nSPS) is 11.7. The van der Waals surface area contributed by atoms with E-state index in [0.717, 1.165) is 11.3 Å². The van der Waals surface area contributed by atoms with Crippen molar-refractivity contribution in [2.24, 2.45) is 0 Å². The maximum absolute atomic E-state index is 13.7. The third kappa shape index (κ3) is 4.84. The summed E-state index contributed by atoms with van der Waals surface area (Å²) in [4.78, 5) is 20.0. The Morgan fingerprint density at radius 3 is 2.66 bits per heavy atom. The van der Waals surface area contributed by atoms with Crippen molar-refractivity contribution in [2.45, 2.75) is 30.2 Å². The first-order chi connectivity index (χ1) is 14.0. The molecule has 1 aromatic heterocycles. The van der Waals surface area contributed by atoms with E-state index in [9.17, 15) is 14.4 Å². The first kappa shape index (κ1) is 20.6. The number of halogens is 1. The lowest BCUT2D eigenvalue weighted by molar-refractivity contribution is 0.414. The number of nitrogens with one attached hydrogen (secondary N) is 1. The van der Waals surface area contributed by atoms with E-state index in [-0.39, 0.29) is 5.56 Å². The molecule has 0 aliphatic carbocycles. The second kappa shape index (κ2) is 9.39. The molecule has 3 aromatic rings. The molecule has 7 heteroatoms. The maximum Gasteiger partial charge on any atom is 0.255 e. The summed E-state index contributed by atoms with van der Waals surface area (Å²) < 4.78 is 18.8. The van der Waals surface area contributed by atoms with Crippen LogP contribution in [0.1, 0.15) is 35.2 Å². The van der Waals surface area contributed by atoms with Crippen molar-refractivity contribution in [3.63, 3.8) is 0 Å². The fraction of sp³-hybridized carbons (Fsp3) is 0.227. The summed E-state index contributed by atoms with van der Waals surface area (Å²) in [7, 11) is 1.61. The van der Waals surface area contributed by atoms with Crippen molar-refractivity contribution >= 4 is 11.8 Å². The summed E-state index contributed by atoms with van der Waals surface area (Å²) in [5.74, 6) is 0.115. The highest BCUT2D eigenvalue weighted by molar-refractivity contribution is 7.98.